The predicted octanol–water partition coefficient (Wildman–Crippen LogP) is 2.13. The van der Waals surface area contributed by atoms with Gasteiger partial charge in [-0.2, -0.15) is 4.31 Å². The number of halogens is 1. The number of hydrogen-bond donors (Lipinski definition) is 0. The summed E-state index contributed by atoms with van der Waals surface area (Å²) in [5.74, 6) is -0.890. The van der Waals surface area contributed by atoms with E-state index < -0.39 is 21.3 Å². The predicted molar refractivity (Wildman–Crippen MR) is 91.3 cm³/mol. The van der Waals surface area contributed by atoms with E-state index in [0.717, 1.165) is 17.3 Å². The minimum atomic E-state index is -3.99. The first kappa shape index (κ1) is 16.2. The topological polar surface area (TPSA) is 57.7 Å². The second-order valence-corrected chi connectivity index (χ2v) is 8.39. The Balaban J connectivity index is 1.75. The van der Waals surface area contributed by atoms with Gasteiger partial charge in [-0.05, 0) is 30.2 Å². The molecule has 0 N–H and O–H groups in total. The fourth-order valence-corrected chi connectivity index (χ4v) is 5.45. The van der Waals surface area contributed by atoms with Crippen LogP contribution in [0, 0.1) is 5.82 Å². The Morgan fingerprint density at radius 1 is 1.08 bits per heavy atom. The molecule has 2 aliphatic rings. The molecule has 2 aromatic carbocycles. The van der Waals surface area contributed by atoms with Gasteiger partial charge in [0.05, 0.1) is 5.41 Å². The minimum absolute atomic E-state index is 0.0316. The molecule has 1 unspecified atom stereocenters. The number of amides is 1. The van der Waals surface area contributed by atoms with Crippen molar-refractivity contribution >= 4 is 21.6 Å². The fraction of sp³-hybridized carbons (Fsp3) is 0.278. The number of para-hydroxylation sites is 1. The highest BCUT2D eigenvalue weighted by Gasteiger charge is 2.55. The molecule has 130 valence electrons. The van der Waals surface area contributed by atoms with E-state index in [9.17, 15) is 17.6 Å². The third-order valence-corrected chi connectivity index (χ3v) is 7.06. The zero-order valence-electron chi connectivity index (χ0n) is 13.6. The van der Waals surface area contributed by atoms with Crippen LogP contribution in [0.3, 0.4) is 0 Å². The monoisotopic (exact) mass is 360 g/mol. The summed E-state index contributed by atoms with van der Waals surface area (Å²) in [6, 6.07) is 12.8. The van der Waals surface area contributed by atoms with Crippen LogP contribution in [0.15, 0.2) is 53.4 Å². The van der Waals surface area contributed by atoms with Crippen LogP contribution in [0.1, 0.15) is 12.0 Å². The van der Waals surface area contributed by atoms with Gasteiger partial charge in [-0.15, -0.1) is 0 Å². The van der Waals surface area contributed by atoms with Crippen molar-refractivity contribution in [1.82, 2.24) is 4.31 Å². The molecule has 0 saturated carbocycles. The molecule has 1 amide bonds. The molecule has 1 fully saturated rings. The summed E-state index contributed by atoms with van der Waals surface area (Å²) < 4.78 is 40.9. The molecule has 25 heavy (non-hydrogen) atoms. The second-order valence-electron chi connectivity index (χ2n) is 6.48. The fourth-order valence-electron chi connectivity index (χ4n) is 3.88. The van der Waals surface area contributed by atoms with E-state index in [1.807, 2.05) is 24.3 Å². The highest BCUT2D eigenvalue weighted by atomic mass is 32.2. The van der Waals surface area contributed by atoms with Crippen LogP contribution >= 0.6 is 0 Å². The average molecular weight is 360 g/mol. The number of rotatable bonds is 2. The number of fused-ring (bicyclic) bond motifs is 2. The maximum atomic E-state index is 14.0. The van der Waals surface area contributed by atoms with Crippen LogP contribution < -0.4 is 4.90 Å². The van der Waals surface area contributed by atoms with E-state index >= 15 is 0 Å². The summed E-state index contributed by atoms with van der Waals surface area (Å²) in [5.41, 5.74) is 0.760. The van der Waals surface area contributed by atoms with Gasteiger partial charge in [0.1, 0.15) is 10.7 Å². The molecule has 1 atom stereocenters. The molecule has 2 heterocycles. The zero-order valence-corrected chi connectivity index (χ0v) is 14.5. The van der Waals surface area contributed by atoms with E-state index in [2.05, 4.69) is 0 Å². The molecular weight excluding hydrogens is 343 g/mol. The quantitative estimate of drug-likeness (QED) is 0.824. The standard InChI is InChI=1S/C18H17FN2O3S/c1-20-15-8-4-2-6-13(15)18(17(20)22)10-11-21(12-18)25(23,24)16-9-5-3-7-14(16)19/h2-9H,10-12H2,1H3. The summed E-state index contributed by atoms with van der Waals surface area (Å²) in [7, 11) is -2.29. The van der Waals surface area contributed by atoms with Crippen LogP contribution in [0.25, 0.3) is 0 Å². The first-order chi connectivity index (χ1) is 11.9. The first-order valence-electron chi connectivity index (χ1n) is 8.00. The van der Waals surface area contributed by atoms with Gasteiger partial charge in [-0.3, -0.25) is 4.79 Å². The Morgan fingerprint density at radius 2 is 1.76 bits per heavy atom. The van der Waals surface area contributed by atoms with Gasteiger partial charge < -0.3 is 4.90 Å². The van der Waals surface area contributed by atoms with Crippen LogP contribution in [0.2, 0.25) is 0 Å². The lowest BCUT2D eigenvalue weighted by molar-refractivity contribution is -0.122. The third-order valence-electron chi connectivity index (χ3n) is 5.18. The minimum Gasteiger partial charge on any atom is -0.314 e. The Hall–Kier alpha value is -2.25. The van der Waals surface area contributed by atoms with Crippen LogP contribution in [-0.4, -0.2) is 38.8 Å². The van der Waals surface area contributed by atoms with Crippen LogP contribution in [0.5, 0.6) is 0 Å². The number of anilines is 1. The van der Waals surface area contributed by atoms with E-state index in [1.54, 1.807) is 11.9 Å². The van der Waals surface area contributed by atoms with Crippen molar-refractivity contribution in [2.45, 2.75) is 16.7 Å². The van der Waals surface area contributed by atoms with Crippen molar-refractivity contribution in [3.63, 3.8) is 0 Å². The molecule has 0 radical (unpaired) electrons. The molecule has 2 aromatic rings. The molecule has 0 aromatic heterocycles. The van der Waals surface area contributed by atoms with E-state index in [1.165, 1.54) is 22.5 Å². The Morgan fingerprint density at radius 3 is 2.52 bits per heavy atom. The molecule has 0 bridgehead atoms. The number of sulfonamides is 1. The van der Waals surface area contributed by atoms with Crippen molar-refractivity contribution < 1.29 is 17.6 Å². The molecule has 2 aliphatic heterocycles. The van der Waals surface area contributed by atoms with Gasteiger partial charge >= 0.3 is 0 Å². The molecular formula is C18H17FN2O3S. The van der Waals surface area contributed by atoms with Crippen molar-refractivity contribution in [3.8, 4) is 0 Å². The van der Waals surface area contributed by atoms with Crippen molar-refractivity contribution in [3.05, 3.63) is 59.9 Å². The molecule has 1 spiro atoms. The summed E-state index contributed by atoms with van der Waals surface area (Å²) in [5, 5.41) is 0. The van der Waals surface area contributed by atoms with Gasteiger partial charge in [0.2, 0.25) is 15.9 Å². The number of hydrogen-bond acceptors (Lipinski definition) is 3. The van der Waals surface area contributed by atoms with E-state index in [0.29, 0.717) is 6.42 Å². The van der Waals surface area contributed by atoms with Gasteiger partial charge in [-0.1, -0.05) is 30.3 Å². The maximum Gasteiger partial charge on any atom is 0.246 e. The Kier molecular flexibility index (Phi) is 3.49. The molecule has 4 rings (SSSR count). The smallest absolute Gasteiger partial charge is 0.246 e. The molecule has 7 heteroatoms. The highest BCUT2D eigenvalue weighted by molar-refractivity contribution is 7.89. The van der Waals surface area contributed by atoms with Gasteiger partial charge in [0, 0.05) is 25.8 Å². The lowest BCUT2D eigenvalue weighted by Crippen LogP contribution is -2.42. The summed E-state index contributed by atoms with van der Waals surface area (Å²) in [6.07, 6.45) is 0.390. The van der Waals surface area contributed by atoms with Gasteiger partial charge in [-0.25, -0.2) is 12.8 Å². The lowest BCUT2D eigenvalue weighted by Gasteiger charge is -2.23. The SMILES string of the molecule is CN1C(=O)C2(CCN(S(=O)(=O)c3ccccc3F)C2)c2ccccc21. The maximum absolute atomic E-state index is 14.0. The molecule has 0 aliphatic carbocycles. The van der Waals surface area contributed by atoms with Crippen LogP contribution in [0.4, 0.5) is 10.1 Å². The van der Waals surface area contributed by atoms with Gasteiger partial charge in [0.25, 0.3) is 0 Å². The Labute approximate surface area is 145 Å². The number of benzene rings is 2. The van der Waals surface area contributed by atoms with Crippen molar-refractivity contribution in [2.24, 2.45) is 0 Å². The van der Waals surface area contributed by atoms with E-state index in [-0.39, 0.29) is 23.9 Å². The zero-order chi connectivity index (χ0) is 17.8. The lowest BCUT2D eigenvalue weighted by atomic mass is 9.81. The molecule has 1 saturated heterocycles. The van der Waals surface area contributed by atoms with E-state index in [4.69, 9.17) is 0 Å². The number of carbonyl (C=O) groups excluding carboxylic acids is 1. The molecule has 5 nitrogen and oxygen atoms in total. The number of likely N-dealkylation sites (N-methyl/N-ethyl adjacent to an activating group) is 1. The summed E-state index contributed by atoms with van der Waals surface area (Å²) in [4.78, 5) is 14.1. The number of nitrogens with zero attached hydrogens (tertiary/aromatic N) is 2. The van der Waals surface area contributed by atoms with Crippen molar-refractivity contribution in [1.29, 1.82) is 0 Å². The Bertz CT molecular complexity index is 976. The number of carbonyl (C=O) groups is 1. The summed E-state index contributed by atoms with van der Waals surface area (Å²) in [6.45, 7) is 0.217. The van der Waals surface area contributed by atoms with Crippen molar-refractivity contribution in [2.75, 3.05) is 25.0 Å². The second kappa shape index (κ2) is 5.37. The first-order valence-corrected chi connectivity index (χ1v) is 9.44. The van der Waals surface area contributed by atoms with Crippen LogP contribution in [-0.2, 0) is 20.2 Å². The highest BCUT2D eigenvalue weighted by Crippen LogP contribution is 2.47. The third kappa shape index (κ3) is 2.15. The largest absolute Gasteiger partial charge is 0.314 e. The summed E-state index contributed by atoms with van der Waals surface area (Å²) >= 11 is 0. The average Bonchev–Trinajstić information content (AvgIpc) is 3.15. The van der Waals surface area contributed by atoms with Gasteiger partial charge in [0.15, 0.2) is 0 Å². The normalized spacial score (nSPS) is 23.4.